The number of anilines is 1. The first-order chi connectivity index (χ1) is 12.3. The van der Waals surface area contributed by atoms with Crippen molar-refractivity contribution >= 4 is 32.2 Å². The molecule has 0 aliphatic carbocycles. The lowest BCUT2D eigenvalue weighted by atomic mass is 10.2. The summed E-state index contributed by atoms with van der Waals surface area (Å²) < 4.78 is 24.9. The third kappa shape index (κ3) is 4.12. The van der Waals surface area contributed by atoms with Gasteiger partial charge in [0.2, 0.25) is 0 Å². The maximum absolute atomic E-state index is 12.5. The summed E-state index contributed by atoms with van der Waals surface area (Å²) in [5.41, 5.74) is 2.27. The maximum Gasteiger partial charge on any atom is 0.260 e. The Bertz CT molecular complexity index is 1040. The molecule has 0 spiro atoms. The van der Waals surface area contributed by atoms with Crippen LogP contribution >= 0.6 is 11.3 Å². The molecule has 1 amide bonds. The third-order valence-electron chi connectivity index (χ3n) is 3.65. The predicted octanol–water partition coefficient (Wildman–Crippen LogP) is 2.78. The fourth-order valence-corrected chi connectivity index (χ4v) is 4.30. The minimum Gasteiger partial charge on any atom is -0.298 e. The van der Waals surface area contributed by atoms with E-state index in [0.717, 1.165) is 5.56 Å². The van der Waals surface area contributed by atoms with Gasteiger partial charge in [-0.2, -0.15) is 0 Å². The highest BCUT2D eigenvalue weighted by molar-refractivity contribution is 7.90. The Morgan fingerprint density at radius 1 is 1.19 bits per heavy atom. The van der Waals surface area contributed by atoms with E-state index in [0.29, 0.717) is 22.1 Å². The number of aryl methyl sites for hydroxylation is 2. The van der Waals surface area contributed by atoms with Crippen LogP contribution in [0.3, 0.4) is 0 Å². The van der Waals surface area contributed by atoms with Crippen LogP contribution in [0.5, 0.6) is 0 Å². The highest BCUT2D eigenvalue weighted by Crippen LogP contribution is 2.21. The van der Waals surface area contributed by atoms with Gasteiger partial charge in [0, 0.05) is 11.6 Å². The van der Waals surface area contributed by atoms with Crippen molar-refractivity contribution < 1.29 is 13.2 Å². The van der Waals surface area contributed by atoms with Crippen molar-refractivity contribution in [2.24, 2.45) is 0 Å². The molecule has 0 bridgehead atoms. The lowest BCUT2D eigenvalue weighted by Gasteiger charge is -2.04. The van der Waals surface area contributed by atoms with Crippen molar-refractivity contribution in [1.82, 2.24) is 15.0 Å². The monoisotopic (exact) mass is 388 g/mol. The second-order valence-corrected chi connectivity index (χ2v) is 8.54. The molecule has 0 aliphatic heterocycles. The molecule has 0 atom stereocenters. The SMILES string of the molecule is Cc1ccc(S(=O)(=O)Cc2csc(NC(=O)c3cncnc3C)n2)cc1. The highest BCUT2D eigenvalue weighted by atomic mass is 32.2. The Morgan fingerprint density at radius 3 is 2.62 bits per heavy atom. The van der Waals surface area contributed by atoms with Crippen molar-refractivity contribution in [2.75, 3.05) is 5.32 Å². The molecular formula is C17H16N4O3S2. The molecule has 0 radical (unpaired) electrons. The minimum absolute atomic E-state index is 0.226. The van der Waals surface area contributed by atoms with E-state index in [1.54, 1.807) is 36.6 Å². The predicted molar refractivity (Wildman–Crippen MR) is 98.9 cm³/mol. The molecular weight excluding hydrogens is 372 g/mol. The zero-order chi connectivity index (χ0) is 18.7. The van der Waals surface area contributed by atoms with E-state index in [4.69, 9.17) is 0 Å². The fraction of sp³-hybridized carbons (Fsp3) is 0.176. The number of rotatable bonds is 5. The maximum atomic E-state index is 12.5. The number of carbonyl (C=O) groups is 1. The number of thiazole rings is 1. The van der Waals surface area contributed by atoms with Crippen molar-refractivity contribution in [1.29, 1.82) is 0 Å². The van der Waals surface area contributed by atoms with E-state index in [1.807, 2.05) is 6.92 Å². The molecule has 0 saturated heterocycles. The first-order valence-corrected chi connectivity index (χ1v) is 10.2. The van der Waals surface area contributed by atoms with Gasteiger partial charge >= 0.3 is 0 Å². The third-order valence-corrected chi connectivity index (χ3v) is 6.12. The van der Waals surface area contributed by atoms with Gasteiger partial charge in [-0.25, -0.2) is 23.4 Å². The van der Waals surface area contributed by atoms with E-state index in [-0.39, 0.29) is 16.6 Å². The zero-order valence-corrected chi connectivity index (χ0v) is 15.8. The van der Waals surface area contributed by atoms with Crippen LogP contribution in [0, 0.1) is 13.8 Å². The van der Waals surface area contributed by atoms with Crippen LogP contribution in [0.2, 0.25) is 0 Å². The molecule has 26 heavy (non-hydrogen) atoms. The Labute approximate surface area is 155 Å². The first-order valence-electron chi connectivity index (χ1n) is 7.67. The molecule has 9 heteroatoms. The lowest BCUT2D eigenvalue weighted by Crippen LogP contribution is -2.14. The largest absolute Gasteiger partial charge is 0.298 e. The number of nitrogens with zero attached hydrogens (tertiary/aromatic N) is 3. The van der Waals surface area contributed by atoms with Crippen LogP contribution in [0.4, 0.5) is 5.13 Å². The molecule has 3 aromatic rings. The Balaban J connectivity index is 1.73. The van der Waals surface area contributed by atoms with Crippen molar-refractivity contribution in [3.63, 3.8) is 0 Å². The lowest BCUT2D eigenvalue weighted by molar-refractivity contribution is 0.102. The van der Waals surface area contributed by atoms with E-state index < -0.39 is 9.84 Å². The topological polar surface area (TPSA) is 102 Å². The molecule has 2 aromatic heterocycles. The van der Waals surface area contributed by atoms with E-state index in [9.17, 15) is 13.2 Å². The van der Waals surface area contributed by atoms with Crippen LogP contribution in [-0.4, -0.2) is 29.3 Å². The van der Waals surface area contributed by atoms with Gasteiger partial charge < -0.3 is 0 Å². The number of hydrogen-bond donors (Lipinski definition) is 1. The summed E-state index contributed by atoms with van der Waals surface area (Å²) in [6, 6.07) is 6.67. The van der Waals surface area contributed by atoms with Crippen LogP contribution in [0.25, 0.3) is 0 Å². The Hall–Kier alpha value is -2.65. The van der Waals surface area contributed by atoms with Crippen LogP contribution in [0.1, 0.15) is 27.3 Å². The van der Waals surface area contributed by atoms with Crippen molar-refractivity contribution in [3.8, 4) is 0 Å². The number of hydrogen-bond acceptors (Lipinski definition) is 7. The van der Waals surface area contributed by atoms with Gasteiger partial charge in [0.25, 0.3) is 5.91 Å². The molecule has 2 heterocycles. The summed E-state index contributed by atoms with van der Waals surface area (Å²) in [5, 5.41) is 4.59. The second-order valence-electron chi connectivity index (χ2n) is 5.69. The van der Waals surface area contributed by atoms with Gasteiger partial charge in [0.15, 0.2) is 15.0 Å². The molecule has 0 aliphatic rings. The molecule has 0 saturated carbocycles. The number of amides is 1. The van der Waals surface area contributed by atoms with Gasteiger partial charge in [0.05, 0.1) is 27.6 Å². The second kappa shape index (κ2) is 7.30. The standard InChI is InChI=1S/C17H16N4O3S2/c1-11-3-5-14(6-4-11)26(23,24)9-13-8-25-17(20-13)21-16(22)15-7-18-10-19-12(15)2/h3-8,10H,9H2,1-2H3,(H,20,21,22). The number of aromatic nitrogens is 3. The fourth-order valence-electron chi connectivity index (χ4n) is 2.23. The zero-order valence-electron chi connectivity index (χ0n) is 14.1. The Morgan fingerprint density at radius 2 is 1.92 bits per heavy atom. The van der Waals surface area contributed by atoms with Gasteiger partial charge in [-0.3, -0.25) is 10.1 Å². The molecule has 3 rings (SSSR count). The number of sulfone groups is 1. The molecule has 1 aromatic carbocycles. The van der Waals surface area contributed by atoms with Gasteiger partial charge in [-0.15, -0.1) is 11.3 Å². The van der Waals surface area contributed by atoms with E-state index >= 15 is 0 Å². The molecule has 1 N–H and O–H groups in total. The van der Waals surface area contributed by atoms with E-state index in [2.05, 4.69) is 20.3 Å². The average molecular weight is 388 g/mol. The molecule has 134 valence electrons. The van der Waals surface area contributed by atoms with Gasteiger partial charge in [0.1, 0.15) is 6.33 Å². The quantitative estimate of drug-likeness (QED) is 0.721. The average Bonchev–Trinajstić information content (AvgIpc) is 3.01. The van der Waals surface area contributed by atoms with Gasteiger partial charge in [-0.05, 0) is 26.0 Å². The van der Waals surface area contributed by atoms with Crippen molar-refractivity contribution in [3.05, 3.63) is 64.7 Å². The smallest absolute Gasteiger partial charge is 0.260 e. The Kier molecular flexibility index (Phi) is 5.10. The first kappa shape index (κ1) is 18.2. The summed E-state index contributed by atoms with van der Waals surface area (Å²) in [7, 11) is -3.49. The van der Waals surface area contributed by atoms with Gasteiger partial charge in [-0.1, -0.05) is 17.7 Å². The molecule has 7 nitrogen and oxygen atoms in total. The van der Waals surface area contributed by atoms with Crippen LogP contribution in [0.15, 0.2) is 47.1 Å². The summed E-state index contributed by atoms with van der Waals surface area (Å²) in [4.78, 5) is 24.5. The number of benzene rings is 1. The minimum atomic E-state index is -3.49. The van der Waals surface area contributed by atoms with Crippen molar-refractivity contribution in [2.45, 2.75) is 24.5 Å². The molecule has 0 unspecified atom stereocenters. The summed E-state index contributed by atoms with van der Waals surface area (Å²) in [6.07, 6.45) is 2.79. The summed E-state index contributed by atoms with van der Waals surface area (Å²) >= 11 is 1.17. The summed E-state index contributed by atoms with van der Waals surface area (Å²) in [5.74, 6) is -0.610. The highest BCUT2D eigenvalue weighted by Gasteiger charge is 2.18. The van der Waals surface area contributed by atoms with Crippen LogP contribution in [-0.2, 0) is 15.6 Å². The van der Waals surface area contributed by atoms with E-state index in [1.165, 1.54) is 23.9 Å². The van der Waals surface area contributed by atoms with Crippen LogP contribution < -0.4 is 5.32 Å². The number of nitrogens with one attached hydrogen (secondary N) is 1. The summed E-state index contributed by atoms with van der Waals surface area (Å²) in [6.45, 7) is 3.60. The molecule has 0 fully saturated rings. The normalized spacial score (nSPS) is 11.3. The number of carbonyl (C=O) groups excluding carboxylic acids is 1.